The predicted octanol–water partition coefficient (Wildman–Crippen LogP) is 3.22. The molecule has 3 rings (SSSR count). The third-order valence-corrected chi connectivity index (χ3v) is 3.80. The molecule has 7 nitrogen and oxygen atoms in total. The molecule has 2 aromatic heterocycles. The molecule has 0 saturated carbocycles. The molecule has 0 spiro atoms. The largest absolute Gasteiger partial charge is 0.405 e. The molecule has 0 unspecified atom stereocenters. The molecule has 0 aliphatic carbocycles. The second kappa shape index (κ2) is 7.67. The number of aryl methyl sites for hydroxylation is 1. The van der Waals surface area contributed by atoms with Crippen LogP contribution in [0.15, 0.2) is 48.7 Å². The van der Waals surface area contributed by atoms with E-state index in [0.29, 0.717) is 17.1 Å². The van der Waals surface area contributed by atoms with Crippen molar-refractivity contribution in [3.8, 4) is 5.69 Å². The van der Waals surface area contributed by atoms with E-state index >= 15 is 0 Å². The van der Waals surface area contributed by atoms with Crippen LogP contribution in [-0.4, -0.2) is 45.7 Å². The van der Waals surface area contributed by atoms with Gasteiger partial charge in [-0.25, -0.2) is 4.98 Å². The summed E-state index contributed by atoms with van der Waals surface area (Å²) in [6.45, 7) is 0.544. The molecule has 2 heterocycles. The first-order valence-corrected chi connectivity index (χ1v) is 8.27. The smallest absolute Gasteiger partial charge is 0.351 e. The van der Waals surface area contributed by atoms with E-state index in [0.717, 1.165) is 4.90 Å². The van der Waals surface area contributed by atoms with Gasteiger partial charge in [-0.2, -0.15) is 23.1 Å². The van der Waals surface area contributed by atoms with Crippen molar-refractivity contribution >= 4 is 17.4 Å². The number of benzene rings is 1. The molecule has 0 aliphatic heterocycles. The fraction of sp³-hybridized carbons (Fsp3) is 0.222. The van der Waals surface area contributed by atoms with Crippen LogP contribution in [0, 0.1) is 6.92 Å². The summed E-state index contributed by atoms with van der Waals surface area (Å²) in [5.74, 6) is -0.348. The quantitative estimate of drug-likeness (QED) is 0.724. The molecule has 146 valence electrons. The van der Waals surface area contributed by atoms with Crippen molar-refractivity contribution in [2.75, 3.05) is 23.8 Å². The molecule has 28 heavy (non-hydrogen) atoms. The van der Waals surface area contributed by atoms with Crippen LogP contribution in [0.3, 0.4) is 0 Å². The minimum absolute atomic E-state index is 0.140. The number of para-hydroxylation sites is 1. The Hall–Kier alpha value is -3.43. The third kappa shape index (κ3) is 4.64. The molecule has 1 amide bonds. The summed E-state index contributed by atoms with van der Waals surface area (Å²) in [5.41, 5.74) is 1.63. The van der Waals surface area contributed by atoms with Crippen LogP contribution in [0.1, 0.15) is 16.2 Å². The lowest BCUT2D eigenvalue weighted by atomic mass is 10.3. The highest BCUT2D eigenvalue weighted by Gasteiger charge is 2.29. The van der Waals surface area contributed by atoms with Gasteiger partial charge >= 0.3 is 6.18 Å². The normalized spacial score (nSPS) is 11.3. The Morgan fingerprint density at radius 1 is 1.14 bits per heavy atom. The Morgan fingerprint density at radius 3 is 2.46 bits per heavy atom. The molecule has 3 aromatic rings. The topological polar surface area (TPSA) is 75.9 Å². The average Bonchev–Trinajstić information content (AvgIpc) is 3.03. The predicted molar refractivity (Wildman–Crippen MR) is 97.6 cm³/mol. The monoisotopic (exact) mass is 390 g/mol. The van der Waals surface area contributed by atoms with Gasteiger partial charge in [0, 0.05) is 7.05 Å². The van der Waals surface area contributed by atoms with Gasteiger partial charge in [-0.15, -0.1) is 5.10 Å². The van der Waals surface area contributed by atoms with E-state index in [-0.39, 0.29) is 11.5 Å². The van der Waals surface area contributed by atoms with Crippen molar-refractivity contribution in [3.05, 3.63) is 60.0 Å². The number of amides is 1. The van der Waals surface area contributed by atoms with Gasteiger partial charge in [-0.05, 0) is 31.2 Å². The fourth-order valence-corrected chi connectivity index (χ4v) is 2.49. The van der Waals surface area contributed by atoms with Crippen LogP contribution in [0.2, 0.25) is 0 Å². The zero-order valence-corrected chi connectivity index (χ0v) is 15.1. The van der Waals surface area contributed by atoms with Crippen LogP contribution < -0.4 is 10.2 Å². The number of hydrogen-bond donors (Lipinski definition) is 1. The number of hydrogen-bond acceptors (Lipinski definition) is 5. The van der Waals surface area contributed by atoms with Gasteiger partial charge in [0.25, 0.3) is 5.91 Å². The Balaban J connectivity index is 1.71. The summed E-state index contributed by atoms with van der Waals surface area (Å²) in [5, 5.41) is 11.1. The maximum atomic E-state index is 12.5. The summed E-state index contributed by atoms with van der Waals surface area (Å²) in [7, 11) is 1.29. The number of carbonyl (C=O) groups is 1. The molecular weight excluding hydrogens is 373 g/mol. The van der Waals surface area contributed by atoms with Gasteiger partial charge in [0.15, 0.2) is 5.69 Å². The van der Waals surface area contributed by atoms with Crippen molar-refractivity contribution in [1.29, 1.82) is 0 Å². The number of anilines is 2. The summed E-state index contributed by atoms with van der Waals surface area (Å²) in [6.07, 6.45) is -3.04. The van der Waals surface area contributed by atoms with Crippen LogP contribution in [-0.2, 0) is 0 Å². The van der Waals surface area contributed by atoms with Gasteiger partial charge in [-0.3, -0.25) is 4.79 Å². The number of halogens is 3. The second-order valence-corrected chi connectivity index (χ2v) is 6.09. The maximum absolute atomic E-state index is 12.5. The van der Waals surface area contributed by atoms with Crippen LogP contribution in [0.25, 0.3) is 5.69 Å². The first kappa shape index (κ1) is 19.3. The summed E-state index contributed by atoms with van der Waals surface area (Å²) >= 11 is 0. The van der Waals surface area contributed by atoms with E-state index in [1.807, 2.05) is 18.2 Å². The summed E-state index contributed by atoms with van der Waals surface area (Å²) in [6, 6.07) is 12.0. The van der Waals surface area contributed by atoms with E-state index in [9.17, 15) is 18.0 Å². The van der Waals surface area contributed by atoms with Crippen LogP contribution >= 0.6 is 0 Å². The molecule has 0 aliphatic rings. The van der Waals surface area contributed by atoms with Crippen molar-refractivity contribution in [2.24, 2.45) is 0 Å². The highest BCUT2D eigenvalue weighted by molar-refractivity contribution is 6.03. The molecule has 1 N–H and O–H groups in total. The number of nitrogens with one attached hydrogen (secondary N) is 1. The number of carbonyl (C=O) groups excluding carboxylic acids is 1. The highest BCUT2D eigenvalue weighted by Crippen LogP contribution is 2.20. The molecule has 0 fully saturated rings. The van der Waals surface area contributed by atoms with Crippen molar-refractivity contribution in [1.82, 2.24) is 20.0 Å². The number of rotatable bonds is 5. The molecule has 0 atom stereocenters. The summed E-state index contributed by atoms with van der Waals surface area (Å²) < 4.78 is 37.4. The number of aromatic nitrogens is 4. The van der Waals surface area contributed by atoms with Crippen molar-refractivity contribution in [2.45, 2.75) is 13.1 Å². The molecule has 1 aromatic carbocycles. The third-order valence-electron chi connectivity index (χ3n) is 3.80. The maximum Gasteiger partial charge on any atom is 0.405 e. The SMILES string of the molecule is Cc1nn(-c2ccccc2)nc1C(=O)Nc1ccc(N(C)CC(F)(F)F)nc1. The van der Waals surface area contributed by atoms with E-state index in [1.54, 1.807) is 19.1 Å². The lowest BCUT2D eigenvalue weighted by molar-refractivity contribution is -0.119. The molecule has 0 bridgehead atoms. The minimum atomic E-state index is -4.33. The lowest BCUT2D eigenvalue weighted by Gasteiger charge is -2.19. The fourth-order valence-electron chi connectivity index (χ4n) is 2.49. The van der Waals surface area contributed by atoms with Crippen molar-refractivity contribution < 1.29 is 18.0 Å². The van der Waals surface area contributed by atoms with E-state index in [2.05, 4.69) is 20.5 Å². The van der Waals surface area contributed by atoms with Crippen LogP contribution in [0.5, 0.6) is 0 Å². The average molecular weight is 390 g/mol. The Kier molecular flexibility index (Phi) is 5.30. The minimum Gasteiger partial charge on any atom is -0.351 e. The first-order chi connectivity index (χ1) is 13.2. The molecular formula is C18H17F3N6O. The standard InChI is InChI=1S/C18H17F3N6O/c1-12-16(25-27(24-12)14-6-4-3-5-7-14)17(28)23-13-8-9-15(22-10-13)26(2)11-18(19,20)21/h3-10H,11H2,1-2H3,(H,23,28). The van der Waals surface area contributed by atoms with Gasteiger partial charge < -0.3 is 10.2 Å². The Bertz CT molecular complexity index is 954. The highest BCUT2D eigenvalue weighted by atomic mass is 19.4. The van der Waals surface area contributed by atoms with Gasteiger partial charge in [0.1, 0.15) is 12.4 Å². The zero-order chi connectivity index (χ0) is 20.3. The van der Waals surface area contributed by atoms with Gasteiger partial charge in [0.05, 0.1) is 23.3 Å². The summed E-state index contributed by atoms with van der Waals surface area (Å²) in [4.78, 5) is 18.8. The number of alkyl halides is 3. The van der Waals surface area contributed by atoms with E-state index < -0.39 is 18.6 Å². The molecule has 0 radical (unpaired) electrons. The number of pyridine rings is 1. The Labute approximate surface area is 158 Å². The van der Waals surface area contributed by atoms with E-state index in [4.69, 9.17) is 0 Å². The lowest BCUT2D eigenvalue weighted by Crippen LogP contribution is -2.31. The molecule has 10 heteroatoms. The number of nitrogens with zero attached hydrogens (tertiary/aromatic N) is 5. The molecule has 0 saturated heterocycles. The Morgan fingerprint density at radius 2 is 1.86 bits per heavy atom. The second-order valence-electron chi connectivity index (χ2n) is 6.09. The van der Waals surface area contributed by atoms with Gasteiger partial charge in [-0.1, -0.05) is 18.2 Å². The first-order valence-electron chi connectivity index (χ1n) is 8.27. The van der Waals surface area contributed by atoms with Gasteiger partial charge in [0.2, 0.25) is 0 Å². The van der Waals surface area contributed by atoms with Crippen LogP contribution in [0.4, 0.5) is 24.7 Å². The van der Waals surface area contributed by atoms with E-state index in [1.165, 1.54) is 30.2 Å². The van der Waals surface area contributed by atoms with Crippen molar-refractivity contribution in [3.63, 3.8) is 0 Å². The zero-order valence-electron chi connectivity index (χ0n) is 15.1.